The van der Waals surface area contributed by atoms with Gasteiger partial charge in [-0.3, -0.25) is 0 Å². The normalized spacial score (nSPS) is 11.4. The standard InChI is InChI=1S/C16H11O2P/c1-3-7-13-11(5-1)9-15(17-13)19-16-10-12-6-2-4-8-14(12)18-16/h1-10,19H. The Morgan fingerprint density at radius 3 is 1.58 bits per heavy atom. The van der Waals surface area contributed by atoms with Crippen LogP contribution in [0.5, 0.6) is 0 Å². The highest BCUT2D eigenvalue weighted by Crippen LogP contribution is 2.22. The lowest BCUT2D eigenvalue weighted by Crippen LogP contribution is -1.96. The SMILES string of the molecule is c1ccc2oc(Pc3cc4ccccc4o3)cc2c1. The summed E-state index contributed by atoms with van der Waals surface area (Å²) in [4.78, 5) is 0. The van der Waals surface area contributed by atoms with Crippen molar-refractivity contribution >= 4 is 41.5 Å². The summed E-state index contributed by atoms with van der Waals surface area (Å²) in [6.45, 7) is 0. The molecule has 4 aromatic rings. The smallest absolute Gasteiger partial charge is 0.134 e. The van der Waals surface area contributed by atoms with Crippen LogP contribution in [0.15, 0.2) is 69.5 Å². The third kappa shape index (κ3) is 1.94. The summed E-state index contributed by atoms with van der Waals surface area (Å²) in [5, 5.41) is 2.28. The minimum atomic E-state index is 0.410. The van der Waals surface area contributed by atoms with Gasteiger partial charge in [0, 0.05) is 19.4 Å². The first-order valence-electron chi connectivity index (χ1n) is 6.13. The maximum absolute atomic E-state index is 5.82. The minimum absolute atomic E-state index is 0.410. The second kappa shape index (κ2) is 4.25. The van der Waals surface area contributed by atoms with Gasteiger partial charge in [0.15, 0.2) is 0 Å². The topological polar surface area (TPSA) is 26.3 Å². The first-order chi connectivity index (χ1) is 9.38. The summed E-state index contributed by atoms with van der Waals surface area (Å²) in [7, 11) is 0.410. The molecule has 0 N–H and O–H groups in total. The van der Waals surface area contributed by atoms with Crippen LogP contribution >= 0.6 is 8.58 Å². The maximum atomic E-state index is 5.82. The Kier molecular flexibility index (Phi) is 2.43. The average Bonchev–Trinajstić information content (AvgIpc) is 3.00. The summed E-state index contributed by atoms with van der Waals surface area (Å²) in [5.74, 6) is 0. The average molecular weight is 266 g/mol. The fourth-order valence-corrected chi connectivity index (χ4v) is 3.23. The molecule has 0 aliphatic rings. The largest absolute Gasteiger partial charge is 0.456 e. The van der Waals surface area contributed by atoms with Gasteiger partial charge in [0.25, 0.3) is 0 Å². The van der Waals surface area contributed by atoms with Crippen molar-refractivity contribution in [3.8, 4) is 0 Å². The molecule has 0 atom stereocenters. The zero-order chi connectivity index (χ0) is 12.7. The van der Waals surface area contributed by atoms with Crippen molar-refractivity contribution < 1.29 is 8.83 Å². The fourth-order valence-electron chi connectivity index (χ4n) is 2.21. The van der Waals surface area contributed by atoms with Crippen molar-refractivity contribution in [2.75, 3.05) is 0 Å². The molecule has 0 aliphatic heterocycles. The highest BCUT2D eigenvalue weighted by Gasteiger charge is 2.08. The molecule has 0 radical (unpaired) electrons. The highest BCUT2D eigenvalue weighted by atomic mass is 31.1. The van der Waals surface area contributed by atoms with Crippen molar-refractivity contribution in [3.05, 3.63) is 60.7 Å². The summed E-state index contributed by atoms with van der Waals surface area (Å²) in [6, 6.07) is 20.3. The van der Waals surface area contributed by atoms with Gasteiger partial charge < -0.3 is 8.83 Å². The van der Waals surface area contributed by atoms with E-state index in [0.29, 0.717) is 8.58 Å². The van der Waals surface area contributed by atoms with Crippen LogP contribution in [-0.2, 0) is 0 Å². The Balaban J connectivity index is 1.73. The Bertz CT molecular complexity index is 719. The van der Waals surface area contributed by atoms with Crippen molar-refractivity contribution in [1.29, 1.82) is 0 Å². The number of benzene rings is 2. The van der Waals surface area contributed by atoms with E-state index in [9.17, 15) is 0 Å². The van der Waals surface area contributed by atoms with Crippen LogP contribution in [0, 0.1) is 0 Å². The van der Waals surface area contributed by atoms with Gasteiger partial charge in [-0.25, -0.2) is 0 Å². The number of hydrogen-bond donors (Lipinski definition) is 0. The van der Waals surface area contributed by atoms with Gasteiger partial charge in [-0.05, 0) is 24.3 Å². The van der Waals surface area contributed by atoms with Crippen LogP contribution in [-0.4, -0.2) is 0 Å². The maximum Gasteiger partial charge on any atom is 0.134 e. The molecular weight excluding hydrogens is 255 g/mol. The Hall–Kier alpha value is -2.05. The zero-order valence-electron chi connectivity index (χ0n) is 10.1. The van der Waals surface area contributed by atoms with E-state index < -0.39 is 0 Å². The molecule has 2 aromatic heterocycles. The Labute approximate surface area is 111 Å². The molecule has 2 aromatic carbocycles. The number of hydrogen-bond acceptors (Lipinski definition) is 2. The molecule has 3 heteroatoms. The molecule has 2 heterocycles. The van der Waals surface area contributed by atoms with Gasteiger partial charge in [0.2, 0.25) is 0 Å². The lowest BCUT2D eigenvalue weighted by molar-refractivity contribution is 0.646. The number of para-hydroxylation sites is 2. The summed E-state index contributed by atoms with van der Waals surface area (Å²) in [6.07, 6.45) is 0. The molecule has 2 nitrogen and oxygen atoms in total. The van der Waals surface area contributed by atoms with E-state index in [4.69, 9.17) is 8.83 Å². The van der Waals surface area contributed by atoms with E-state index in [2.05, 4.69) is 24.3 Å². The van der Waals surface area contributed by atoms with Crippen LogP contribution in [0.3, 0.4) is 0 Å². The number of rotatable bonds is 2. The van der Waals surface area contributed by atoms with E-state index in [1.807, 2.05) is 36.4 Å². The summed E-state index contributed by atoms with van der Waals surface area (Å²) in [5.41, 5.74) is 3.78. The molecule has 0 saturated carbocycles. The van der Waals surface area contributed by atoms with E-state index in [0.717, 1.165) is 32.9 Å². The molecule has 92 valence electrons. The van der Waals surface area contributed by atoms with Crippen molar-refractivity contribution in [1.82, 2.24) is 0 Å². The van der Waals surface area contributed by atoms with E-state index in [1.165, 1.54) is 0 Å². The minimum Gasteiger partial charge on any atom is -0.456 e. The molecule has 0 saturated heterocycles. The van der Waals surface area contributed by atoms with Gasteiger partial charge >= 0.3 is 0 Å². The van der Waals surface area contributed by atoms with Gasteiger partial charge in [-0.1, -0.05) is 36.4 Å². The number of furan rings is 2. The van der Waals surface area contributed by atoms with Crippen LogP contribution in [0.4, 0.5) is 0 Å². The molecule has 4 rings (SSSR count). The summed E-state index contributed by atoms with van der Waals surface area (Å²) >= 11 is 0. The van der Waals surface area contributed by atoms with E-state index in [-0.39, 0.29) is 0 Å². The van der Waals surface area contributed by atoms with Crippen LogP contribution in [0.1, 0.15) is 0 Å². The molecular formula is C16H11O2P. The highest BCUT2D eigenvalue weighted by molar-refractivity contribution is 7.54. The number of fused-ring (bicyclic) bond motifs is 2. The molecule has 0 unspecified atom stereocenters. The fraction of sp³-hybridized carbons (Fsp3) is 0. The molecule has 0 spiro atoms. The van der Waals surface area contributed by atoms with Crippen LogP contribution in [0.25, 0.3) is 21.9 Å². The monoisotopic (exact) mass is 266 g/mol. The summed E-state index contributed by atoms with van der Waals surface area (Å²) < 4.78 is 11.6. The van der Waals surface area contributed by atoms with Gasteiger partial charge in [-0.2, -0.15) is 0 Å². The Morgan fingerprint density at radius 1 is 0.632 bits per heavy atom. The second-order valence-electron chi connectivity index (χ2n) is 4.42. The van der Waals surface area contributed by atoms with Crippen LogP contribution in [0.2, 0.25) is 0 Å². The predicted octanol–water partition coefficient (Wildman–Crippen LogP) is 3.81. The van der Waals surface area contributed by atoms with E-state index >= 15 is 0 Å². The zero-order valence-corrected chi connectivity index (χ0v) is 11.1. The van der Waals surface area contributed by atoms with Gasteiger partial charge in [0.05, 0.1) is 0 Å². The second-order valence-corrected chi connectivity index (χ2v) is 5.66. The van der Waals surface area contributed by atoms with Gasteiger partial charge in [0.1, 0.15) is 22.2 Å². The third-order valence-corrected chi connectivity index (χ3v) is 4.08. The van der Waals surface area contributed by atoms with E-state index in [1.54, 1.807) is 0 Å². The first-order valence-corrected chi connectivity index (χ1v) is 7.13. The van der Waals surface area contributed by atoms with Crippen molar-refractivity contribution in [2.24, 2.45) is 0 Å². The third-order valence-electron chi connectivity index (χ3n) is 3.10. The molecule has 19 heavy (non-hydrogen) atoms. The molecule has 0 bridgehead atoms. The molecule has 0 aliphatic carbocycles. The lowest BCUT2D eigenvalue weighted by Gasteiger charge is -1.91. The first kappa shape index (κ1) is 10.8. The quantitative estimate of drug-likeness (QED) is 0.516. The Morgan fingerprint density at radius 2 is 1.11 bits per heavy atom. The van der Waals surface area contributed by atoms with Crippen molar-refractivity contribution in [3.63, 3.8) is 0 Å². The van der Waals surface area contributed by atoms with Crippen molar-refractivity contribution in [2.45, 2.75) is 0 Å². The molecule has 0 fully saturated rings. The lowest BCUT2D eigenvalue weighted by atomic mass is 10.3. The van der Waals surface area contributed by atoms with Gasteiger partial charge in [-0.15, -0.1) is 0 Å². The predicted molar refractivity (Wildman–Crippen MR) is 80.0 cm³/mol. The van der Waals surface area contributed by atoms with Crippen LogP contribution < -0.4 is 11.0 Å². The molecule has 0 amide bonds.